The normalized spacial score (nSPS) is 10.5. The fraction of sp³-hybridized carbons (Fsp3) is 0.267. The Bertz CT molecular complexity index is 735. The number of nitrogens with one attached hydrogen (secondary N) is 1. The molecule has 2 aromatic rings. The number of thiazole rings is 1. The summed E-state index contributed by atoms with van der Waals surface area (Å²) in [5.74, 6) is -1.39. The van der Waals surface area contributed by atoms with Gasteiger partial charge >= 0.3 is 5.97 Å². The van der Waals surface area contributed by atoms with Gasteiger partial charge in [0.05, 0.1) is 22.0 Å². The second-order valence-corrected chi connectivity index (χ2v) is 6.11. The number of aromatic nitrogens is 1. The first-order chi connectivity index (χ1) is 9.79. The molecular formula is C15H16N2O3S. The zero-order valence-electron chi connectivity index (χ0n) is 12.3. The Morgan fingerprint density at radius 3 is 2.38 bits per heavy atom. The summed E-state index contributed by atoms with van der Waals surface area (Å²) in [6.45, 7) is 7.19. The van der Waals surface area contributed by atoms with E-state index in [4.69, 9.17) is 0 Å². The summed E-state index contributed by atoms with van der Waals surface area (Å²) in [6.07, 6.45) is 0. The summed E-state index contributed by atoms with van der Waals surface area (Å²) in [4.78, 5) is 28.4. The molecule has 21 heavy (non-hydrogen) atoms. The van der Waals surface area contributed by atoms with E-state index in [1.807, 2.05) is 19.9 Å². The summed E-state index contributed by atoms with van der Waals surface area (Å²) in [7, 11) is 0. The minimum Gasteiger partial charge on any atom is -0.478 e. The zero-order chi connectivity index (χ0) is 15.7. The lowest BCUT2D eigenvalue weighted by Crippen LogP contribution is -2.16. The van der Waals surface area contributed by atoms with Gasteiger partial charge in [0.1, 0.15) is 4.88 Å². The van der Waals surface area contributed by atoms with Gasteiger partial charge < -0.3 is 10.4 Å². The van der Waals surface area contributed by atoms with E-state index in [0.29, 0.717) is 16.3 Å². The lowest BCUT2D eigenvalue weighted by atomic mass is 10.0. The van der Waals surface area contributed by atoms with Crippen molar-refractivity contribution in [3.05, 3.63) is 44.4 Å². The van der Waals surface area contributed by atoms with Crippen molar-refractivity contribution in [1.29, 1.82) is 0 Å². The molecule has 2 N–H and O–H groups in total. The Kier molecular flexibility index (Phi) is 4.09. The van der Waals surface area contributed by atoms with Crippen LogP contribution in [0.4, 0.5) is 5.69 Å². The highest BCUT2D eigenvalue weighted by molar-refractivity contribution is 7.13. The number of aryl methyl sites for hydroxylation is 4. The van der Waals surface area contributed by atoms with E-state index in [-0.39, 0.29) is 11.5 Å². The van der Waals surface area contributed by atoms with Gasteiger partial charge in [0.2, 0.25) is 0 Å². The summed E-state index contributed by atoms with van der Waals surface area (Å²) in [5.41, 5.74) is 2.65. The largest absolute Gasteiger partial charge is 0.478 e. The molecular weight excluding hydrogens is 288 g/mol. The Labute approximate surface area is 126 Å². The van der Waals surface area contributed by atoms with Crippen LogP contribution in [0.1, 0.15) is 41.9 Å². The third kappa shape index (κ3) is 3.11. The first-order valence-electron chi connectivity index (χ1n) is 6.39. The number of amides is 1. The molecule has 6 heteroatoms. The van der Waals surface area contributed by atoms with E-state index < -0.39 is 5.97 Å². The van der Waals surface area contributed by atoms with Crippen molar-refractivity contribution in [2.24, 2.45) is 0 Å². The fourth-order valence-electron chi connectivity index (χ4n) is 2.21. The van der Waals surface area contributed by atoms with E-state index in [1.165, 1.54) is 11.3 Å². The number of hydrogen-bond donors (Lipinski definition) is 2. The van der Waals surface area contributed by atoms with Gasteiger partial charge in [0.25, 0.3) is 5.91 Å². The van der Waals surface area contributed by atoms with Gasteiger partial charge in [-0.3, -0.25) is 4.79 Å². The highest BCUT2D eigenvalue weighted by Gasteiger charge is 2.19. The monoisotopic (exact) mass is 304 g/mol. The molecule has 1 heterocycles. The molecule has 0 radical (unpaired) electrons. The van der Waals surface area contributed by atoms with Crippen LogP contribution in [0, 0.1) is 27.7 Å². The van der Waals surface area contributed by atoms with Crippen molar-refractivity contribution in [3.63, 3.8) is 0 Å². The summed E-state index contributed by atoms with van der Waals surface area (Å²) >= 11 is 1.29. The number of carboxylic acids is 1. The van der Waals surface area contributed by atoms with E-state index in [1.54, 1.807) is 19.9 Å². The average Bonchev–Trinajstić information content (AvgIpc) is 2.71. The second-order valence-electron chi connectivity index (χ2n) is 4.91. The molecule has 0 atom stereocenters. The van der Waals surface area contributed by atoms with Gasteiger partial charge in [-0.2, -0.15) is 0 Å². The second kappa shape index (κ2) is 5.65. The number of carbonyl (C=O) groups excluding carboxylic acids is 1. The number of hydrogen-bond acceptors (Lipinski definition) is 4. The van der Waals surface area contributed by atoms with Crippen molar-refractivity contribution in [1.82, 2.24) is 4.98 Å². The van der Waals surface area contributed by atoms with Gasteiger partial charge in [-0.25, -0.2) is 9.78 Å². The molecule has 0 unspecified atom stereocenters. The fourth-order valence-corrected chi connectivity index (χ4v) is 3.03. The molecule has 0 saturated heterocycles. The molecule has 0 saturated carbocycles. The molecule has 2 rings (SSSR count). The zero-order valence-corrected chi connectivity index (χ0v) is 13.1. The molecule has 0 aliphatic carbocycles. The highest BCUT2D eigenvalue weighted by Crippen LogP contribution is 2.25. The molecule has 1 aromatic heterocycles. The molecule has 0 aliphatic heterocycles. The lowest BCUT2D eigenvalue weighted by molar-refractivity contribution is 0.0698. The number of benzene rings is 1. The molecule has 0 spiro atoms. The first-order valence-corrected chi connectivity index (χ1v) is 7.21. The molecule has 1 amide bonds. The predicted molar refractivity (Wildman–Crippen MR) is 82.4 cm³/mol. The number of nitrogens with zero attached hydrogens (tertiary/aromatic N) is 1. The molecule has 0 fully saturated rings. The van der Waals surface area contributed by atoms with Crippen LogP contribution in [0.5, 0.6) is 0 Å². The van der Waals surface area contributed by atoms with Gasteiger partial charge in [-0.15, -0.1) is 11.3 Å². The van der Waals surface area contributed by atoms with Gasteiger partial charge in [-0.1, -0.05) is 6.07 Å². The minimum absolute atomic E-state index is 0.0970. The summed E-state index contributed by atoms with van der Waals surface area (Å²) in [6, 6.07) is 3.39. The van der Waals surface area contributed by atoms with Crippen molar-refractivity contribution in [3.8, 4) is 0 Å². The van der Waals surface area contributed by atoms with Crippen molar-refractivity contribution in [2.45, 2.75) is 27.7 Å². The van der Waals surface area contributed by atoms with Crippen molar-refractivity contribution < 1.29 is 14.7 Å². The van der Waals surface area contributed by atoms with Crippen molar-refractivity contribution in [2.75, 3.05) is 5.32 Å². The topological polar surface area (TPSA) is 79.3 Å². The first kappa shape index (κ1) is 15.2. The van der Waals surface area contributed by atoms with Crippen LogP contribution in [-0.4, -0.2) is 22.0 Å². The third-order valence-electron chi connectivity index (χ3n) is 3.06. The van der Waals surface area contributed by atoms with Crippen molar-refractivity contribution >= 4 is 28.9 Å². The average molecular weight is 304 g/mol. The molecule has 5 nitrogen and oxygen atoms in total. The number of rotatable bonds is 3. The van der Waals surface area contributed by atoms with Gasteiger partial charge in [0, 0.05) is 0 Å². The maximum Gasteiger partial charge on any atom is 0.337 e. The van der Waals surface area contributed by atoms with Crippen LogP contribution in [0.2, 0.25) is 0 Å². The number of carbonyl (C=O) groups is 2. The Morgan fingerprint density at radius 2 is 1.86 bits per heavy atom. The van der Waals surface area contributed by atoms with E-state index >= 15 is 0 Å². The number of anilines is 1. The molecule has 1 aromatic carbocycles. The van der Waals surface area contributed by atoms with Crippen LogP contribution < -0.4 is 5.32 Å². The van der Waals surface area contributed by atoms with Crippen LogP contribution in [-0.2, 0) is 0 Å². The van der Waals surface area contributed by atoms with Crippen LogP contribution in [0.25, 0.3) is 0 Å². The van der Waals surface area contributed by atoms with Crippen LogP contribution >= 0.6 is 11.3 Å². The summed E-state index contributed by atoms with van der Waals surface area (Å²) in [5, 5.41) is 12.8. The molecule has 0 bridgehead atoms. The van der Waals surface area contributed by atoms with E-state index in [9.17, 15) is 14.7 Å². The maximum absolute atomic E-state index is 12.3. The smallest absolute Gasteiger partial charge is 0.337 e. The van der Waals surface area contributed by atoms with E-state index in [2.05, 4.69) is 10.3 Å². The third-order valence-corrected chi connectivity index (χ3v) is 4.13. The molecule has 110 valence electrons. The lowest BCUT2D eigenvalue weighted by Gasteiger charge is -2.12. The van der Waals surface area contributed by atoms with Gasteiger partial charge in [0.15, 0.2) is 0 Å². The SMILES string of the molecule is Cc1cc(C)c(NC(=O)c2sc(C)nc2C)c(C(=O)O)c1. The number of aromatic carboxylic acids is 1. The summed E-state index contributed by atoms with van der Waals surface area (Å²) < 4.78 is 0. The molecule has 0 aliphatic rings. The quantitative estimate of drug-likeness (QED) is 0.911. The van der Waals surface area contributed by atoms with Gasteiger partial charge in [-0.05, 0) is 44.9 Å². The number of carboxylic acid groups (broad SMARTS) is 1. The predicted octanol–water partition coefficient (Wildman–Crippen LogP) is 3.33. The van der Waals surface area contributed by atoms with E-state index in [0.717, 1.165) is 16.1 Å². The van der Waals surface area contributed by atoms with Crippen LogP contribution in [0.15, 0.2) is 12.1 Å². The minimum atomic E-state index is -1.06. The standard InChI is InChI=1S/C15H16N2O3S/c1-7-5-8(2)12(11(6-7)15(19)20)17-14(18)13-9(3)16-10(4)21-13/h5-6H,1-4H3,(H,17,18)(H,19,20). The highest BCUT2D eigenvalue weighted by atomic mass is 32.1. The Hall–Kier alpha value is -2.21. The maximum atomic E-state index is 12.3. The Morgan fingerprint density at radius 1 is 1.19 bits per heavy atom. The Balaban J connectivity index is 2.42. The van der Waals surface area contributed by atoms with Crippen LogP contribution in [0.3, 0.4) is 0 Å².